The zero-order chi connectivity index (χ0) is 15.8. The number of aliphatic hydroxyl groups is 1. The minimum atomic E-state index is -0.164. The van der Waals surface area contributed by atoms with Crippen LogP contribution < -0.4 is 4.74 Å². The molecule has 1 N–H and O–H groups in total. The highest BCUT2D eigenvalue weighted by molar-refractivity contribution is 7.19. The first kappa shape index (κ1) is 14.0. The van der Waals surface area contributed by atoms with Crippen molar-refractivity contribution in [1.82, 2.24) is 14.6 Å². The van der Waals surface area contributed by atoms with Crippen LogP contribution in [0.25, 0.3) is 27.0 Å². The molecule has 116 valence electrons. The fourth-order valence-electron chi connectivity index (χ4n) is 2.39. The van der Waals surface area contributed by atoms with Gasteiger partial charge in [0.15, 0.2) is 5.76 Å². The Morgan fingerprint density at radius 2 is 2.09 bits per heavy atom. The molecule has 0 amide bonds. The normalized spacial score (nSPS) is 11.2. The van der Waals surface area contributed by atoms with E-state index in [2.05, 4.69) is 10.1 Å². The van der Waals surface area contributed by atoms with Crippen LogP contribution in [0.2, 0.25) is 0 Å². The molecule has 0 bridgehead atoms. The van der Waals surface area contributed by atoms with Crippen molar-refractivity contribution in [2.45, 2.75) is 6.61 Å². The van der Waals surface area contributed by atoms with E-state index in [0.717, 1.165) is 16.3 Å². The molecule has 0 atom stereocenters. The van der Waals surface area contributed by atoms with Crippen molar-refractivity contribution in [2.24, 2.45) is 0 Å². The van der Waals surface area contributed by atoms with Gasteiger partial charge in [-0.25, -0.2) is 9.50 Å². The number of aromatic nitrogens is 3. The Bertz CT molecular complexity index is 939. The van der Waals surface area contributed by atoms with E-state index < -0.39 is 0 Å². The average Bonchev–Trinajstić information content (AvgIpc) is 3.29. The van der Waals surface area contributed by atoms with Gasteiger partial charge >= 0.3 is 0 Å². The van der Waals surface area contributed by atoms with Crippen LogP contribution in [0.3, 0.4) is 0 Å². The molecular formula is C16H13N3O3S. The van der Waals surface area contributed by atoms with E-state index in [0.29, 0.717) is 22.1 Å². The van der Waals surface area contributed by atoms with Gasteiger partial charge in [0.25, 0.3) is 0 Å². The van der Waals surface area contributed by atoms with E-state index in [1.807, 2.05) is 30.3 Å². The minimum Gasteiger partial charge on any atom is -0.497 e. The first-order valence-electron chi connectivity index (χ1n) is 6.97. The molecule has 6 nitrogen and oxygen atoms in total. The Balaban J connectivity index is 1.81. The van der Waals surface area contributed by atoms with E-state index >= 15 is 0 Å². The summed E-state index contributed by atoms with van der Waals surface area (Å²) >= 11 is 1.46. The standard InChI is InChI=1S/C16H13N3O3S/c1-21-11-6-4-10(5-7-11)15-18-19-12(9-20)14(17-16(19)23-15)13-3-2-8-22-13/h2-8,20H,9H2,1H3. The van der Waals surface area contributed by atoms with Crippen LogP contribution in [0.5, 0.6) is 5.75 Å². The molecule has 7 heteroatoms. The minimum absolute atomic E-state index is 0.164. The molecule has 1 aromatic carbocycles. The molecule has 0 radical (unpaired) electrons. The van der Waals surface area contributed by atoms with Crippen LogP contribution >= 0.6 is 11.3 Å². The number of benzene rings is 1. The summed E-state index contributed by atoms with van der Waals surface area (Å²) in [7, 11) is 1.64. The van der Waals surface area contributed by atoms with E-state index in [1.165, 1.54) is 11.3 Å². The number of nitrogens with zero attached hydrogens (tertiary/aromatic N) is 3. The summed E-state index contributed by atoms with van der Waals surface area (Å²) in [6.07, 6.45) is 1.58. The van der Waals surface area contributed by atoms with Crippen molar-refractivity contribution in [3.8, 4) is 27.8 Å². The first-order valence-corrected chi connectivity index (χ1v) is 7.79. The number of fused-ring (bicyclic) bond motifs is 1. The second kappa shape index (κ2) is 5.53. The Morgan fingerprint density at radius 3 is 2.74 bits per heavy atom. The summed E-state index contributed by atoms with van der Waals surface area (Å²) in [6, 6.07) is 11.3. The van der Waals surface area contributed by atoms with Gasteiger partial charge in [0.05, 0.1) is 20.0 Å². The average molecular weight is 327 g/mol. The summed E-state index contributed by atoms with van der Waals surface area (Å²) in [5, 5.41) is 15.1. The molecule has 4 aromatic rings. The second-order valence-corrected chi connectivity index (χ2v) is 5.83. The van der Waals surface area contributed by atoms with Crippen molar-refractivity contribution in [1.29, 1.82) is 0 Å². The predicted octanol–water partition coefficient (Wildman–Crippen LogP) is 3.22. The monoisotopic (exact) mass is 327 g/mol. The predicted molar refractivity (Wildman–Crippen MR) is 86.5 cm³/mol. The maximum absolute atomic E-state index is 9.70. The summed E-state index contributed by atoms with van der Waals surface area (Å²) in [5.74, 6) is 1.42. The topological polar surface area (TPSA) is 72.8 Å². The number of hydrogen-bond acceptors (Lipinski definition) is 6. The van der Waals surface area contributed by atoms with Gasteiger partial charge in [-0.15, -0.1) is 0 Å². The third kappa shape index (κ3) is 2.30. The molecule has 4 rings (SSSR count). The van der Waals surface area contributed by atoms with Crippen molar-refractivity contribution in [3.05, 3.63) is 48.4 Å². The fourth-order valence-corrected chi connectivity index (χ4v) is 3.32. The van der Waals surface area contributed by atoms with Crippen LogP contribution in [-0.2, 0) is 6.61 Å². The molecule has 0 unspecified atom stereocenters. The van der Waals surface area contributed by atoms with Gasteiger partial charge in [-0.05, 0) is 36.4 Å². The maximum atomic E-state index is 9.70. The maximum Gasteiger partial charge on any atom is 0.213 e. The lowest BCUT2D eigenvalue weighted by atomic mass is 10.2. The molecule has 23 heavy (non-hydrogen) atoms. The molecule has 0 aliphatic carbocycles. The molecule has 3 heterocycles. The third-order valence-electron chi connectivity index (χ3n) is 3.54. The van der Waals surface area contributed by atoms with E-state index in [-0.39, 0.29) is 6.61 Å². The lowest BCUT2D eigenvalue weighted by Gasteiger charge is -2.00. The Hall–Kier alpha value is -2.64. The van der Waals surface area contributed by atoms with Crippen molar-refractivity contribution < 1.29 is 14.3 Å². The first-order chi connectivity index (χ1) is 11.3. The van der Waals surface area contributed by atoms with Gasteiger partial charge in [-0.3, -0.25) is 0 Å². The molecule has 0 saturated carbocycles. The number of rotatable bonds is 4. The molecular weight excluding hydrogens is 314 g/mol. The van der Waals surface area contributed by atoms with Gasteiger partial charge in [-0.2, -0.15) is 5.10 Å². The van der Waals surface area contributed by atoms with Crippen LogP contribution in [0.15, 0.2) is 47.1 Å². The highest BCUT2D eigenvalue weighted by Crippen LogP contribution is 2.31. The van der Waals surface area contributed by atoms with Crippen LogP contribution in [0.1, 0.15) is 5.69 Å². The number of methoxy groups -OCH3 is 1. The van der Waals surface area contributed by atoms with Gasteiger partial charge in [0.2, 0.25) is 4.96 Å². The Labute approximate surface area is 135 Å². The summed E-state index contributed by atoms with van der Waals surface area (Å²) in [5.41, 5.74) is 2.22. The SMILES string of the molecule is COc1ccc(-c2nn3c(CO)c(-c4ccco4)nc3s2)cc1. The highest BCUT2D eigenvalue weighted by Gasteiger charge is 2.19. The van der Waals surface area contributed by atoms with Crippen molar-refractivity contribution >= 4 is 16.3 Å². The number of hydrogen-bond donors (Lipinski definition) is 1. The third-order valence-corrected chi connectivity index (χ3v) is 4.50. The van der Waals surface area contributed by atoms with Crippen molar-refractivity contribution in [2.75, 3.05) is 7.11 Å². The number of imidazole rings is 1. The molecule has 0 saturated heterocycles. The van der Waals surface area contributed by atoms with Crippen LogP contribution in [0, 0.1) is 0 Å². The van der Waals surface area contributed by atoms with E-state index in [4.69, 9.17) is 9.15 Å². The van der Waals surface area contributed by atoms with Gasteiger partial charge in [-0.1, -0.05) is 11.3 Å². The van der Waals surface area contributed by atoms with Gasteiger partial charge in [0, 0.05) is 5.56 Å². The zero-order valence-corrected chi connectivity index (χ0v) is 13.1. The number of aliphatic hydroxyl groups excluding tert-OH is 1. The van der Waals surface area contributed by atoms with E-state index in [1.54, 1.807) is 24.0 Å². The lowest BCUT2D eigenvalue weighted by molar-refractivity contribution is 0.274. The number of furan rings is 1. The fraction of sp³-hybridized carbons (Fsp3) is 0.125. The highest BCUT2D eigenvalue weighted by atomic mass is 32.1. The smallest absolute Gasteiger partial charge is 0.213 e. The Kier molecular flexibility index (Phi) is 3.36. The molecule has 3 aromatic heterocycles. The van der Waals surface area contributed by atoms with Gasteiger partial charge in [0.1, 0.15) is 22.1 Å². The van der Waals surface area contributed by atoms with Gasteiger partial charge < -0.3 is 14.3 Å². The molecule has 0 spiro atoms. The molecule has 0 fully saturated rings. The summed E-state index contributed by atoms with van der Waals surface area (Å²) in [6.45, 7) is -0.164. The summed E-state index contributed by atoms with van der Waals surface area (Å²) in [4.78, 5) is 5.26. The Morgan fingerprint density at radius 1 is 1.26 bits per heavy atom. The zero-order valence-electron chi connectivity index (χ0n) is 12.3. The van der Waals surface area contributed by atoms with Crippen LogP contribution in [-0.4, -0.2) is 26.8 Å². The lowest BCUT2D eigenvalue weighted by Crippen LogP contribution is -1.95. The second-order valence-electron chi connectivity index (χ2n) is 4.87. The largest absolute Gasteiger partial charge is 0.497 e. The van der Waals surface area contributed by atoms with Crippen LogP contribution in [0.4, 0.5) is 0 Å². The van der Waals surface area contributed by atoms with E-state index in [9.17, 15) is 5.11 Å². The van der Waals surface area contributed by atoms with Crippen molar-refractivity contribution in [3.63, 3.8) is 0 Å². The molecule has 0 aliphatic heterocycles. The summed E-state index contributed by atoms with van der Waals surface area (Å²) < 4.78 is 12.2. The quantitative estimate of drug-likeness (QED) is 0.623. The number of ether oxygens (including phenoxy) is 1. The molecule has 0 aliphatic rings.